The first-order valence-electron chi connectivity index (χ1n) is 17.7. The summed E-state index contributed by atoms with van der Waals surface area (Å²) < 4.78 is 37.4. The first kappa shape index (κ1) is 37.4. The molecule has 0 unspecified atom stereocenters. The van der Waals surface area contributed by atoms with Crippen LogP contribution in [0.25, 0.3) is 0 Å². The van der Waals surface area contributed by atoms with Gasteiger partial charge in [-0.15, -0.1) is 0 Å². The predicted octanol–water partition coefficient (Wildman–Crippen LogP) is 7.98. The quantitative estimate of drug-likeness (QED) is 0.0582. The Kier molecular flexibility index (Phi) is 14.8. The molecule has 0 aromatic heterocycles. The molecule has 0 amide bonds. The Morgan fingerprint density at radius 1 is 0.549 bits per heavy atom. The lowest BCUT2D eigenvalue weighted by atomic mass is 9.97. The van der Waals surface area contributed by atoms with Crippen molar-refractivity contribution >= 4 is 17.9 Å². The van der Waals surface area contributed by atoms with Crippen LogP contribution in [0.1, 0.15) is 82.1 Å². The van der Waals surface area contributed by atoms with E-state index in [1.54, 1.807) is 91.0 Å². The van der Waals surface area contributed by atoms with E-state index >= 15 is 0 Å². The van der Waals surface area contributed by atoms with E-state index in [2.05, 4.69) is 6.92 Å². The number of carbonyl (C=O) groups excluding carboxylic acids is 3. The van der Waals surface area contributed by atoms with E-state index in [0.29, 0.717) is 23.3 Å². The molecule has 1 saturated heterocycles. The van der Waals surface area contributed by atoms with Gasteiger partial charge in [-0.2, -0.15) is 0 Å². The molecule has 268 valence electrons. The van der Waals surface area contributed by atoms with Crippen molar-refractivity contribution in [3.63, 3.8) is 0 Å². The summed E-state index contributed by atoms with van der Waals surface area (Å²) in [5.74, 6) is -1.83. The highest BCUT2D eigenvalue weighted by Gasteiger charge is 2.52. The van der Waals surface area contributed by atoms with Gasteiger partial charge < -0.3 is 28.4 Å². The summed E-state index contributed by atoms with van der Waals surface area (Å²) in [5.41, 5.74) is 1.83. The number of hydrogen-bond donors (Lipinski definition) is 0. The Labute approximate surface area is 299 Å². The van der Waals surface area contributed by atoms with Gasteiger partial charge in [0.15, 0.2) is 18.5 Å². The van der Waals surface area contributed by atoms with Crippen molar-refractivity contribution in [2.75, 3.05) is 13.2 Å². The van der Waals surface area contributed by atoms with Crippen LogP contribution in [0.15, 0.2) is 121 Å². The second-order valence-corrected chi connectivity index (χ2v) is 12.4. The van der Waals surface area contributed by atoms with Crippen molar-refractivity contribution in [2.24, 2.45) is 0 Å². The standard InChI is InChI=1S/C42H46O9/c1-2-3-4-5-6-19-28-46-42-38(51-41(45)34-26-17-10-18-27-34)37(47-29-31-20-11-7-12-21-31)36(50-40(44)33-24-15-9-16-25-33)35(49-42)30-48-39(43)32-22-13-8-14-23-32/h7-18,20-27,35-38,42H,2-6,19,28-30H2,1H3/t35-,36-,37+,38+,42-/m1/s1. The average Bonchev–Trinajstić information content (AvgIpc) is 3.18. The van der Waals surface area contributed by atoms with Crippen LogP contribution in [0.4, 0.5) is 0 Å². The van der Waals surface area contributed by atoms with Gasteiger partial charge in [-0.25, -0.2) is 14.4 Å². The third-order valence-corrected chi connectivity index (χ3v) is 8.55. The summed E-state index contributed by atoms with van der Waals surface area (Å²) >= 11 is 0. The molecule has 4 aromatic rings. The topological polar surface area (TPSA) is 107 Å². The molecule has 4 aromatic carbocycles. The molecule has 5 rings (SSSR count). The van der Waals surface area contributed by atoms with Gasteiger partial charge in [-0.1, -0.05) is 124 Å². The third-order valence-electron chi connectivity index (χ3n) is 8.55. The monoisotopic (exact) mass is 694 g/mol. The molecule has 1 fully saturated rings. The summed E-state index contributed by atoms with van der Waals surface area (Å²) in [7, 11) is 0. The molecule has 0 radical (unpaired) electrons. The van der Waals surface area contributed by atoms with Crippen LogP contribution in [0, 0.1) is 0 Å². The highest BCUT2D eigenvalue weighted by Crippen LogP contribution is 2.32. The number of hydrogen-bond acceptors (Lipinski definition) is 9. The molecule has 0 aliphatic carbocycles. The molecular formula is C42H46O9. The molecule has 1 heterocycles. The molecule has 0 saturated carbocycles. The van der Waals surface area contributed by atoms with Gasteiger partial charge >= 0.3 is 17.9 Å². The Morgan fingerprint density at radius 2 is 1.04 bits per heavy atom. The van der Waals surface area contributed by atoms with Crippen LogP contribution in [0.5, 0.6) is 0 Å². The van der Waals surface area contributed by atoms with E-state index in [-0.39, 0.29) is 13.2 Å². The molecule has 51 heavy (non-hydrogen) atoms. The zero-order chi connectivity index (χ0) is 35.7. The Balaban J connectivity index is 1.46. The van der Waals surface area contributed by atoms with Crippen molar-refractivity contribution in [1.82, 2.24) is 0 Å². The van der Waals surface area contributed by atoms with Gasteiger partial charge in [0.2, 0.25) is 0 Å². The lowest BCUT2D eigenvalue weighted by Gasteiger charge is -2.44. The number of rotatable bonds is 18. The fourth-order valence-corrected chi connectivity index (χ4v) is 5.80. The fourth-order valence-electron chi connectivity index (χ4n) is 5.80. The third kappa shape index (κ3) is 11.3. The number of ether oxygens (including phenoxy) is 6. The fraction of sp³-hybridized carbons (Fsp3) is 0.357. The first-order chi connectivity index (χ1) is 25.0. The van der Waals surface area contributed by atoms with Gasteiger partial charge in [0.25, 0.3) is 0 Å². The molecule has 1 aliphatic heterocycles. The van der Waals surface area contributed by atoms with E-state index in [9.17, 15) is 14.4 Å². The smallest absolute Gasteiger partial charge is 0.338 e. The number of esters is 3. The SMILES string of the molecule is CCCCCCCCO[C@@H]1O[C@H](COC(=O)c2ccccc2)[C@@H](OC(=O)c2ccccc2)[C@H](OCc2ccccc2)[C@@H]1OC(=O)c1ccccc1. The van der Waals surface area contributed by atoms with Crippen molar-refractivity contribution < 1.29 is 42.8 Å². The van der Waals surface area contributed by atoms with E-state index in [0.717, 1.165) is 37.7 Å². The minimum Gasteiger partial charge on any atom is -0.459 e. The molecule has 5 atom stereocenters. The Hall–Kier alpha value is -4.83. The number of carbonyl (C=O) groups is 3. The molecule has 0 bridgehead atoms. The van der Waals surface area contributed by atoms with Crippen LogP contribution in [-0.4, -0.2) is 61.8 Å². The van der Waals surface area contributed by atoms with Crippen molar-refractivity contribution in [3.05, 3.63) is 144 Å². The maximum atomic E-state index is 13.6. The molecular weight excluding hydrogens is 648 g/mol. The van der Waals surface area contributed by atoms with Crippen molar-refractivity contribution in [2.45, 2.75) is 82.8 Å². The second kappa shape index (κ2) is 20.1. The van der Waals surface area contributed by atoms with Gasteiger partial charge in [0.05, 0.1) is 23.3 Å². The van der Waals surface area contributed by atoms with E-state index in [4.69, 9.17) is 28.4 Å². The normalized spacial score (nSPS) is 19.9. The van der Waals surface area contributed by atoms with Crippen LogP contribution in [0.3, 0.4) is 0 Å². The maximum absolute atomic E-state index is 13.6. The predicted molar refractivity (Wildman–Crippen MR) is 191 cm³/mol. The zero-order valence-electron chi connectivity index (χ0n) is 29.0. The average molecular weight is 695 g/mol. The number of benzene rings is 4. The van der Waals surface area contributed by atoms with Gasteiger partial charge in [-0.05, 0) is 48.4 Å². The highest BCUT2D eigenvalue weighted by molar-refractivity contribution is 5.90. The maximum Gasteiger partial charge on any atom is 0.338 e. The van der Waals surface area contributed by atoms with Crippen molar-refractivity contribution in [3.8, 4) is 0 Å². The minimum atomic E-state index is -1.17. The molecule has 9 nitrogen and oxygen atoms in total. The van der Waals surface area contributed by atoms with Gasteiger partial charge in [-0.3, -0.25) is 0 Å². The summed E-state index contributed by atoms with van der Waals surface area (Å²) in [6.07, 6.45) is 0.712. The molecule has 9 heteroatoms. The Bertz CT molecular complexity index is 1620. The van der Waals surface area contributed by atoms with Gasteiger partial charge in [0, 0.05) is 6.61 Å². The van der Waals surface area contributed by atoms with Crippen LogP contribution in [0.2, 0.25) is 0 Å². The van der Waals surface area contributed by atoms with Crippen LogP contribution >= 0.6 is 0 Å². The highest BCUT2D eigenvalue weighted by atomic mass is 16.7. The van der Waals surface area contributed by atoms with Gasteiger partial charge in [0.1, 0.15) is 18.8 Å². The number of unbranched alkanes of at least 4 members (excludes halogenated alkanes) is 5. The lowest BCUT2D eigenvalue weighted by molar-refractivity contribution is -0.307. The summed E-state index contributed by atoms with van der Waals surface area (Å²) in [6.45, 7) is 2.31. The second-order valence-electron chi connectivity index (χ2n) is 12.4. The Morgan fingerprint density at radius 3 is 1.61 bits per heavy atom. The molecule has 0 spiro atoms. The van der Waals surface area contributed by atoms with Crippen LogP contribution < -0.4 is 0 Å². The molecule has 1 aliphatic rings. The van der Waals surface area contributed by atoms with Crippen LogP contribution in [-0.2, 0) is 35.0 Å². The first-order valence-corrected chi connectivity index (χ1v) is 17.7. The summed E-state index contributed by atoms with van der Waals surface area (Å²) in [4.78, 5) is 40.3. The van der Waals surface area contributed by atoms with E-state index in [1.165, 1.54) is 6.42 Å². The van der Waals surface area contributed by atoms with Crippen molar-refractivity contribution in [1.29, 1.82) is 0 Å². The van der Waals surface area contributed by atoms with E-state index in [1.807, 2.05) is 30.3 Å². The summed E-state index contributed by atoms with van der Waals surface area (Å²) in [6, 6.07) is 35.2. The minimum absolute atomic E-state index is 0.102. The zero-order valence-corrected chi connectivity index (χ0v) is 29.0. The largest absolute Gasteiger partial charge is 0.459 e. The van der Waals surface area contributed by atoms with E-state index < -0.39 is 48.6 Å². The lowest BCUT2D eigenvalue weighted by Crippen LogP contribution is -2.62. The molecule has 0 N–H and O–H groups in total. The summed E-state index contributed by atoms with van der Waals surface area (Å²) in [5, 5.41) is 0.